The normalized spacial score (nSPS) is 20.9. The molecule has 2 aromatic rings. The van der Waals surface area contributed by atoms with E-state index in [4.69, 9.17) is 4.74 Å². The molecule has 2 aliphatic heterocycles. The van der Waals surface area contributed by atoms with Crippen molar-refractivity contribution in [3.63, 3.8) is 0 Å². The molecule has 2 atom stereocenters. The average molecular weight is 491 g/mol. The molecule has 0 aliphatic carbocycles. The number of carbonyl (C=O) groups is 2. The van der Waals surface area contributed by atoms with Crippen LogP contribution in [0, 0.1) is 0 Å². The van der Waals surface area contributed by atoms with Gasteiger partial charge in [-0.2, -0.15) is 0 Å². The minimum Gasteiger partial charge on any atom is -0.507 e. The van der Waals surface area contributed by atoms with E-state index in [-0.39, 0.29) is 17.4 Å². The van der Waals surface area contributed by atoms with Gasteiger partial charge in [0, 0.05) is 18.5 Å². The SMILES string of the molecule is CCN(CC)CCCN1C(=O)C(=O)/C(=C(/O)c2ccc3c(c2)C[C@H](C)O3)[C@H]1c1ccc(C(C)C)cc1. The van der Waals surface area contributed by atoms with Gasteiger partial charge < -0.3 is 19.6 Å². The molecule has 2 aliphatic rings. The molecule has 6 heteroatoms. The number of fused-ring (bicyclic) bond motifs is 1. The van der Waals surface area contributed by atoms with Crippen LogP contribution in [0.1, 0.15) is 75.3 Å². The summed E-state index contributed by atoms with van der Waals surface area (Å²) in [6.07, 6.45) is 1.58. The molecular formula is C30H38N2O4. The number of aliphatic hydroxyl groups excluding tert-OH is 1. The van der Waals surface area contributed by atoms with E-state index < -0.39 is 17.7 Å². The Bertz CT molecular complexity index is 1150. The highest BCUT2D eigenvalue weighted by Gasteiger charge is 2.45. The number of rotatable bonds is 9. The van der Waals surface area contributed by atoms with Crippen molar-refractivity contribution in [2.24, 2.45) is 0 Å². The van der Waals surface area contributed by atoms with E-state index in [1.54, 1.807) is 11.0 Å². The lowest BCUT2D eigenvalue weighted by atomic mass is 9.92. The second-order valence-corrected chi connectivity index (χ2v) is 10.1. The zero-order chi connectivity index (χ0) is 26.0. The van der Waals surface area contributed by atoms with Crippen molar-refractivity contribution < 1.29 is 19.4 Å². The molecule has 2 aromatic carbocycles. The fraction of sp³-hybridized carbons (Fsp3) is 0.467. The fourth-order valence-corrected chi connectivity index (χ4v) is 5.25. The Balaban J connectivity index is 1.73. The number of ether oxygens (including phenoxy) is 1. The summed E-state index contributed by atoms with van der Waals surface area (Å²) in [6, 6.07) is 12.9. The Morgan fingerprint density at radius 1 is 1.11 bits per heavy atom. The van der Waals surface area contributed by atoms with Crippen LogP contribution in [0.25, 0.3) is 5.76 Å². The summed E-state index contributed by atoms with van der Waals surface area (Å²) < 4.78 is 5.79. The third-order valence-corrected chi connectivity index (χ3v) is 7.40. The highest BCUT2D eigenvalue weighted by molar-refractivity contribution is 6.46. The number of amides is 1. The van der Waals surface area contributed by atoms with Gasteiger partial charge in [-0.05, 0) is 73.8 Å². The van der Waals surface area contributed by atoms with Crippen LogP contribution in [-0.4, -0.2) is 58.9 Å². The van der Waals surface area contributed by atoms with E-state index in [0.29, 0.717) is 18.0 Å². The largest absolute Gasteiger partial charge is 0.507 e. The van der Waals surface area contributed by atoms with Gasteiger partial charge in [0.05, 0.1) is 11.6 Å². The van der Waals surface area contributed by atoms with Gasteiger partial charge in [0.25, 0.3) is 11.7 Å². The number of carbonyl (C=O) groups excluding carboxylic acids is 2. The maximum absolute atomic E-state index is 13.3. The molecule has 36 heavy (non-hydrogen) atoms. The smallest absolute Gasteiger partial charge is 0.295 e. The number of benzene rings is 2. The third kappa shape index (κ3) is 5.05. The molecule has 0 aromatic heterocycles. The lowest BCUT2D eigenvalue weighted by Gasteiger charge is -2.27. The standard InChI is InChI=1S/C30H38N2O4/c1-6-31(7-2)15-8-16-32-27(22-11-9-21(10-12-22)19(3)4)26(29(34)30(32)35)28(33)23-13-14-25-24(18-23)17-20(5)36-25/h9-14,18-20,27,33H,6-8,15-17H2,1-5H3/b28-26+/t20-,27+/m0/s1. The van der Waals surface area contributed by atoms with E-state index in [0.717, 1.165) is 49.4 Å². The Kier molecular flexibility index (Phi) is 7.84. The number of likely N-dealkylation sites (tertiary alicyclic amines) is 1. The number of ketones is 1. The highest BCUT2D eigenvalue weighted by Crippen LogP contribution is 2.41. The summed E-state index contributed by atoms with van der Waals surface area (Å²) in [7, 11) is 0. The highest BCUT2D eigenvalue weighted by atomic mass is 16.5. The van der Waals surface area contributed by atoms with Gasteiger partial charge in [-0.1, -0.05) is 52.0 Å². The number of aliphatic hydroxyl groups is 1. The molecule has 1 N–H and O–H groups in total. The van der Waals surface area contributed by atoms with Crippen LogP contribution >= 0.6 is 0 Å². The Morgan fingerprint density at radius 3 is 2.44 bits per heavy atom. The molecule has 0 unspecified atom stereocenters. The van der Waals surface area contributed by atoms with Crippen molar-refractivity contribution in [3.8, 4) is 5.75 Å². The molecule has 1 saturated heterocycles. The molecule has 0 bridgehead atoms. The monoisotopic (exact) mass is 490 g/mol. The van der Waals surface area contributed by atoms with Gasteiger partial charge in [-0.15, -0.1) is 0 Å². The first-order chi connectivity index (χ1) is 17.2. The van der Waals surface area contributed by atoms with Crippen LogP contribution in [0.3, 0.4) is 0 Å². The Morgan fingerprint density at radius 2 is 1.81 bits per heavy atom. The van der Waals surface area contributed by atoms with Crippen LogP contribution in [0.5, 0.6) is 5.75 Å². The van der Waals surface area contributed by atoms with E-state index >= 15 is 0 Å². The first-order valence-corrected chi connectivity index (χ1v) is 13.2. The third-order valence-electron chi connectivity index (χ3n) is 7.40. The van der Waals surface area contributed by atoms with Crippen molar-refractivity contribution >= 4 is 17.4 Å². The zero-order valence-corrected chi connectivity index (χ0v) is 22.1. The number of Topliss-reactive ketones (excluding diaryl/α,β-unsaturated/α-hetero) is 1. The quantitative estimate of drug-likeness (QED) is 0.294. The predicted molar refractivity (Wildman–Crippen MR) is 142 cm³/mol. The van der Waals surface area contributed by atoms with Crippen LogP contribution in [0.4, 0.5) is 0 Å². The molecule has 6 nitrogen and oxygen atoms in total. The summed E-state index contributed by atoms with van der Waals surface area (Å²) in [6.45, 7) is 13.7. The molecule has 1 amide bonds. The summed E-state index contributed by atoms with van der Waals surface area (Å²) >= 11 is 0. The van der Waals surface area contributed by atoms with Gasteiger partial charge in [-0.3, -0.25) is 9.59 Å². The van der Waals surface area contributed by atoms with E-state index in [1.807, 2.05) is 43.3 Å². The number of hydrogen-bond donors (Lipinski definition) is 1. The minimum atomic E-state index is -0.626. The molecular weight excluding hydrogens is 452 g/mol. The average Bonchev–Trinajstić information content (AvgIpc) is 3.37. The van der Waals surface area contributed by atoms with Gasteiger partial charge in [0.2, 0.25) is 0 Å². The van der Waals surface area contributed by atoms with E-state index in [2.05, 4.69) is 32.6 Å². The second kappa shape index (κ2) is 10.9. The van der Waals surface area contributed by atoms with Gasteiger partial charge in [0.1, 0.15) is 17.6 Å². The second-order valence-electron chi connectivity index (χ2n) is 10.1. The van der Waals surface area contributed by atoms with Crippen molar-refractivity contribution in [2.75, 3.05) is 26.2 Å². The lowest BCUT2D eigenvalue weighted by molar-refractivity contribution is -0.140. The number of hydrogen-bond acceptors (Lipinski definition) is 5. The van der Waals surface area contributed by atoms with Crippen LogP contribution in [0.2, 0.25) is 0 Å². The summed E-state index contributed by atoms with van der Waals surface area (Å²) in [5.41, 5.74) is 3.72. The molecule has 4 rings (SSSR count). The lowest BCUT2D eigenvalue weighted by Crippen LogP contribution is -2.33. The van der Waals surface area contributed by atoms with Gasteiger partial charge in [0.15, 0.2) is 0 Å². The minimum absolute atomic E-state index is 0.0771. The molecule has 0 saturated carbocycles. The van der Waals surface area contributed by atoms with Crippen LogP contribution in [0.15, 0.2) is 48.0 Å². The number of nitrogens with zero attached hydrogens (tertiary/aromatic N) is 2. The summed E-state index contributed by atoms with van der Waals surface area (Å²) in [4.78, 5) is 30.5. The molecule has 192 valence electrons. The van der Waals surface area contributed by atoms with E-state index in [9.17, 15) is 14.7 Å². The van der Waals surface area contributed by atoms with Crippen molar-refractivity contribution in [1.82, 2.24) is 9.80 Å². The molecule has 2 heterocycles. The zero-order valence-electron chi connectivity index (χ0n) is 22.1. The first kappa shape index (κ1) is 26.0. The van der Waals surface area contributed by atoms with Crippen molar-refractivity contribution in [1.29, 1.82) is 0 Å². The summed E-state index contributed by atoms with van der Waals surface area (Å²) in [5, 5.41) is 11.4. The molecule has 1 fully saturated rings. The maximum atomic E-state index is 13.3. The molecule has 0 spiro atoms. The van der Waals surface area contributed by atoms with Crippen LogP contribution < -0.4 is 4.74 Å². The first-order valence-electron chi connectivity index (χ1n) is 13.2. The van der Waals surface area contributed by atoms with E-state index in [1.165, 1.54) is 5.56 Å². The predicted octanol–water partition coefficient (Wildman–Crippen LogP) is 5.29. The summed E-state index contributed by atoms with van der Waals surface area (Å²) in [5.74, 6) is -0.127. The fourth-order valence-electron chi connectivity index (χ4n) is 5.25. The maximum Gasteiger partial charge on any atom is 0.295 e. The van der Waals surface area contributed by atoms with Crippen LogP contribution in [-0.2, 0) is 16.0 Å². The van der Waals surface area contributed by atoms with Crippen molar-refractivity contribution in [2.45, 2.75) is 65.5 Å². The van der Waals surface area contributed by atoms with Gasteiger partial charge >= 0.3 is 0 Å². The Labute approximate surface area is 214 Å². The topological polar surface area (TPSA) is 70.1 Å². The van der Waals surface area contributed by atoms with Crippen molar-refractivity contribution in [3.05, 3.63) is 70.3 Å². The Hall–Kier alpha value is -3.12. The van der Waals surface area contributed by atoms with Gasteiger partial charge in [-0.25, -0.2) is 0 Å². The molecule has 0 radical (unpaired) electrons.